The average molecular weight is 285 g/mol. The molecule has 0 saturated carbocycles. The number of halogens is 1. The van der Waals surface area contributed by atoms with Crippen molar-refractivity contribution in [2.75, 3.05) is 13.7 Å². The number of aliphatic imine (C=N–C) groups is 1. The van der Waals surface area contributed by atoms with Crippen LogP contribution in [0.5, 0.6) is 0 Å². The van der Waals surface area contributed by atoms with Crippen LogP contribution in [0.1, 0.15) is 15.9 Å². The summed E-state index contributed by atoms with van der Waals surface area (Å²) in [5.74, 6) is -0.165. The topological polar surface area (TPSA) is 64.7 Å². The highest BCUT2D eigenvalue weighted by Crippen LogP contribution is 2.13. The maximum absolute atomic E-state index is 11.8. The molecule has 1 aromatic rings. The Morgan fingerprint density at radius 1 is 1.50 bits per heavy atom. The fourth-order valence-corrected chi connectivity index (χ4v) is 1.71. The number of nitrogens with two attached hydrogens (primary N) is 1. The van der Waals surface area contributed by atoms with Gasteiger partial charge in [-0.25, -0.2) is 0 Å². The zero-order chi connectivity index (χ0) is 12.0. The minimum atomic E-state index is -0.343. The van der Waals surface area contributed by atoms with Crippen LogP contribution in [0.2, 0.25) is 0 Å². The van der Waals surface area contributed by atoms with Crippen molar-refractivity contribution in [2.24, 2.45) is 10.7 Å². The maximum Gasteiger partial charge on any atom is 0.279 e. The van der Waals surface area contributed by atoms with Crippen molar-refractivity contribution in [2.45, 2.75) is 5.33 Å². The van der Waals surface area contributed by atoms with Gasteiger partial charge in [-0.15, -0.1) is 0 Å². The molecule has 1 amide bonds. The summed E-state index contributed by atoms with van der Waals surface area (Å²) in [6, 6.07) is 7.25. The molecule has 0 aliphatic heterocycles. The van der Waals surface area contributed by atoms with Gasteiger partial charge in [-0.3, -0.25) is 4.79 Å². The number of hydrogen-bond acceptors (Lipinski definition) is 2. The van der Waals surface area contributed by atoms with Crippen molar-refractivity contribution in [1.82, 2.24) is 0 Å². The highest BCUT2D eigenvalue weighted by atomic mass is 79.9. The second-order valence-electron chi connectivity index (χ2n) is 3.13. The molecule has 0 spiro atoms. The second-order valence-corrected chi connectivity index (χ2v) is 3.69. The third-order valence-electron chi connectivity index (χ3n) is 1.93. The van der Waals surface area contributed by atoms with E-state index in [0.29, 0.717) is 10.9 Å². The molecule has 4 nitrogen and oxygen atoms in total. The molecule has 2 N–H and O–H groups in total. The van der Waals surface area contributed by atoms with E-state index in [4.69, 9.17) is 10.5 Å². The normalized spacial score (nSPS) is 11.5. The minimum absolute atomic E-state index is 0.155. The number of rotatable bonds is 4. The zero-order valence-electron chi connectivity index (χ0n) is 8.94. The van der Waals surface area contributed by atoms with E-state index in [0.717, 1.165) is 5.56 Å². The van der Waals surface area contributed by atoms with Crippen molar-refractivity contribution in [3.63, 3.8) is 0 Å². The van der Waals surface area contributed by atoms with E-state index in [-0.39, 0.29) is 18.3 Å². The van der Waals surface area contributed by atoms with Gasteiger partial charge in [-0.1, -0.05) is 34.1 Å². The Morgan fingerprint density at radius 3 is 2.81 bits per heavy atom. The number of amidine groups is 1. The van der Waals surface area contributed by atoms with Crippen molar-refractivity contribution in [3.8, 4) is 0 Å². The quantitative estimate of drug-likeness (QED) is 0.520. The molecule has 0 fully saturated rings. The Morgan fingerprint density at radius 2 is 2.19 bits per heavy atom. The SMILES string of the molecule is COCC(N)=NC(=O)c1ccccc1CBr. The Labute approximate surface area is 103 Å². The third-order valence-corrected chi connectivity index (χ3v) is 2.53. The summed E-state index contributed by atoms with van der Waals surface area (Å²) in [6.07, 6.45) is 0. The first-order valence-corrected chi connectivity index (χ1v) is 5.81. The van der Waals surface area contributed by atoms with Gasteiger partial charge in [0.05, 0.1) is 0 Å². The van der Waals surface area contributed by atoms with Crippen LogP contribution in [0, 0.1) is 0 Å². The number of methoxy groups -OCH3 is 1. The lowest BCUT2D eigenvalue weighted by Gasteiger charge is -2.03. The second kappa shape index (κ2) is 6.40. The fraction of sp³-hybridized carbons (Fsp3) is 0.273. The van der Waals surface area contributed by atoms with Crippen molar-refractivity contribution in [3.05, 3.63) is 35.4 Å². The number of hydrogen-bond donors (Lipinski definition) is 1. The Balaban J connectivity index is 2.92. The molecule has 0 bridgehead atoms. The van der Waals surface area contributed by atoms with E-state index in [1.165, 1.54) is 7.11 Å². The molecule has 0 aliphatic carbocycles. The number of carbonyl (C=O) groups excluding carboxylic acids is 1. The molecule has 0 atom stereocenters. The lowest BCUT2D eigenvalue weighted by atomic mass is 10.1. The van der Waals surface area contributed by atoms with Crippen LogP contribution in [0.15, 0.2) is 29.3 Å². The third kappa shape index (κ3) is 3.43. The molecule has 0 aliphatic rings. The molecular formula is C11H13BrN2O2. The summed E-state index contributed by atoms with van der Waals surface area (Å²) in [5.41, 5.74) is 6.95. The zero-order valence-corrected chi connectivity index (χ0v) is 10.5. The molecule has 1 rings (SSSR count). The number of ether oxygens (including phenoxy) is 1. The first-order chi connectivity index (χ1) is 7.69. The molecule has 16 heavy (non-hydrogen) atoms. The highest BCUT2D eigenvalue weighted by Gasteiger charge is 2.09. The first-order valence-electron chi connectivity index (χ1n) is 4.69. The molecule has 0 heterocycles. The molecule has 0 saturated heterocycles. The van der Waals surface area contributed by atoms with Gasteiger partial charge >= 0.3 is 0 Å². The molecule has 5 heteroatoms. The summed E-state index contributed by atoms with van der Waals surface area (Å²) >= 11 is 3.32. The lowest BCUT2D eigenvalue weighted by Crippen LogP contribution is -2.20. The summed E-state index contributed by atoms with van der Waals surface area (Å²) in [5, 5.41) is 0.606. The largest absolute Gasteiger partial charge is 0.385 e. The van der Waals surface area contributed by atoms with Crippen LogP contribution in [-0.4, -0.2) is 25.5 Å². The molecular weight excluding hydrogens is 272 g/mol. The van der Waals surface area contributed by atoms with E-state index >= 15 is 0 Å². The smallest absolute Gasteiger partial charge is 0.279 e. The standard InChI is InChI=1S/C11H13BrN2O2/c1-16-7-10(13)14-11(15)9-5-3-2-4-8(9)6-12/h2-5H,6-7H2,1H3,(H2,13,14,15). The van der Waals surface area contributed by atoms with Crippen LogP contribution in [0.4, 0.5) is 0 Å². The number of carbonyl (C=O) groups is 1. The Kier molecular flexibility index (Phi) is 5.14. The summed E-state index contributed by atoms with van der Waals surface area (Å²) in [7, 11) is 1.50. The van der Waals surface area contributed by atoms with Crippen molar-refractivity contribution >= 4 is 27.7 Å². The summed E-state index contributed by atoms with van der Waals surface area (Å²) < 4.78 is 4.78. The molecule has 86 valence electrons. The van der Waals surface area contributed by atoms with Crippen molar-refractivity contribution in [1.29, 1.82) is 0 Å². The summed E-state index contributed by atoms with van der Waals surface area (Å²) in [6.45, 7) is 0.155. The average Bonchev–Trinajstić information content (AvgIpc) is 2.29. The Bertz CT molecular complexity index is 405. The van der Waals surface area contributed by atoms with Crippen LogP contribution >= 0.6 is 15.9 Å². The van der Waals surface area contributed by atoms with Gasteiger partial charge in [-0.2, -0.15) is 4.99 Å². The van der Waals surface area contributed by atoms with Gasteiger partial charge in [-0.05, 0) is 11.6 Å². The van der Waals surface area contributed by atoms with Crippen LogP contribution in [0.25, 0.3) is 0 Å². The monoisotopic (exact) mass is 284 g/mol. The van der Waals surface area contributed by atoms with Gasteiger partial charge in [0.25, 0.3) is 5.91 Å². The van der Waals surface area contributed by atoms with E-state index in [1.54, 1.807) is 12.1 Å². The summed E-state index contributed by atoms with van der Waals surface area (Å²) in [4.78, 5) is 15.5. The predicted molar refractivity (Wildman–Crippen MR) is 66.9 cm³/mol. The molecule has 1 aromatic carbocycles. The first kappa shape index (κ1) is 12.9. The van der Waals surface area contributed by atoms with E-state index in [2.05, 4.69) is 20.9 Å². The number of alkyl halides is 1. The van der Waals surface area contributed by atoms with E-state index in [1.807, 2.05) is 12.1 Å². The molecule has 0 unspecified atom stereocenters. The van der Waals surface area contributed by atoms with Crippen LogP contribution in [0.3, 0.4) is 0 Å². The van der Waals surface area contributed by atoms with Gasteiger partial charge in [0.2, 0.25) is 0 Å². The van der Waals surface area contributed by atoms with Gasteiger partial charge in [0.15, 0.2) is 0 Å². The fourth-order valence-electron chi connectivity index (χ4n) is 1.22. The van der Waals surface area contributed by atoms with Crippen molar-refractivity contribution < 1.29 is 9.53 Å². The highest BCUT2D eigenvalue weighted by molar-refractivity contribution is 9.08. The van der Waals surface area contributed by atoms with Crippen LogP contribution in [-0.2, 0) is 10.1 Å². The number of nitrogens with zero attached hydrogens (tertiary/aromatic N) is 1. The van der Waals surface area contributed by atoms with E-state index in [9.17, 15) is 4.79 Å². The van der Waals surface area contributed by atoms with Crippen LogP contribution < -0.4 is 5.73 Å². The minimum Gasteiger partial charge on any atom is -0.385 e. The van der Waals surface area contributed by atoms with Gasteiger partial charge in [0.1, 0.15) is 12.4 Å². The Hall–Kier alpha value is -1.20. The maximum atomic E-state index is 11.8. The van der Waals surface area contributed by atoms with Gasteiger partial charge < -0.3 is 10.5 Å². The lowest BCUT2D eigenvalue weighted by molar-refractivity contribution is 0.100. The predicted octanol–water partition coefficient (Wildman–Crippen LogP) is 1.73. The number of amides is 1. The number of benzene rings is 1. The molecule has 0 aromatic heterocycles. The van der Waals surface area contributed by atoms with Gasteiger partial charge in [0, 0.05) is 18.0 Å². The van der Waals surface area contributed by atoms with E-state index < -0.39 is 0 Å². The molecule has 0 radical (unpaired) electrons.